The highest BCUT2D eigenvalue weighted by atomic mass is 16.5. The Morgan fingerprint density at radius 3 is 3.31 bits per heavy atom. The van der Waals surface area contributed by atoms with Gasteiger partial charge in [0.1, 0.15) is 6.07 Å². The number of rotatable bonds is 4. The topological polar surface area (TPSA) is 55.1 Å². The summed E-state index contributed by atoms with van der Waals surface area (Å²) in [5, 5.41) is 8.85. The van der Waals surface area contributed by atoms with E-state index in [0.717, 1.165) is 25.9 Å². The second kappa shape index (κ2) is 5.47. The van der Waals surface area contributed by atoms with Crippen LogP contribution in [0, 0.1) is 11.3 Å². The summed E-state index contributed by atoms with van der Waals surface area (Å²) in [6.07, 6.45) is 6.61. The van der Waals surface area contributed by atoms with Crippen molar-refractivity contribution in [3.05, 3.63) is 24.0 Å². The minimum absolute atomic E-state index is 0.321. The van der Waals surface area contributed by atoms with Crippen LogP contribution in [0.5, 0.6) is 5.75 Å². The molecule has 0 saturated carbocycles. The van der Waals surface area contributed by atoms with Gasteiger partial charge in [-0.25, -0.2) is 0 Å². The van der Waals surface area contributed by atoms with Gasteiger partial charge >= 0.3 is 0 Å². The number of nitriles is 1. The average molecular weight is 218 g/mol. The average Bonchev–Trinajstić information content (AvgIpc) is 2.83. The van der Waals surface area contributed by atoms with Gasteiger partial charge in [-0.05, 0) is 18.9 Å². The zero-order valence-electron chi connectivity index (χ0n) is 9.06. The molecular formula is C12H14N2O2. The predicted octanol–water partition coefficient (Wildman–Crippen LogP) is 1.90. The van der Waals surface area contributed by atoms with Gasteiger partial charge in [0.2, 0.25) is 0 Å². The summed E-state index contributed by atoms with van der Waals surface area (Å²) < 4.78 is 11.0. The Morgan fingerprint density at radius 1 is 1.62 bits per heavy atom. The van der Waals surface area contributed by atoms with Gasteiger partial charge in [-0.2, -0.15) is 5.26 Å². The molecule has 1 aliphatic heterocycles. The first-order valence-corrected chi connectivity index (χ1v) is 5.48. The van der Waals surface area contributed by atoms with Crippen LogP contribution in [0.2, 0.25) is 0 Å². The predicted molar refractivity (Wildman–Crippen MR) is 58.0 cm³/mol. The monoisotopic (exact) mass is 218 g/mol. The number of aromatic nitrogens is 1. The normalized spacial score (nSPS) is 19.3. The van der Waals surface area contributed by atoms with Crippen molar-refractivity contribution in [2.24, 2.45) is 0 Å². The maximum Gasteiger partial charge on any atom is 0.155 e. The summed E-state index contributed by atoms with van der Waals surface area (Å²) in [6, 6.07) is 3.73. The van der Waals surface area contributed by atoms with E-state index >= 15 is 0 Å². The lowest BCUT2D eigenvalue weighted by Gasteiger charge is -2.10. The SMILES string of the molecule is N#Cc1ccncc1OCC[C@@H]1CCCO1. The summed E-state index contributed by atoms with van der Waals surface area (Å²) in [5.74, 6) is 0.558. The second-order valence-corrected chi connectivity index (χ2v) is 3.76. The zero-order chi connectivity index (χ0) is 11.2. The molecule has 0 aliphatic carbocycles. The molecule has 2 heterocycles. The lowest BCUT2D eigenvalue weighted by molar-refractivity contribution is 0.0902. The highest BCUT2D eigenvalue weighted by molar-refractivity contribution is 5.40. The molecule has 0 N–H and O–H groups in total. The van der Waals surface area contributed by atoms with Crippen molar-refractivity contribution < 1.29 is 9.47 Å². The third-order valence-corrected chi connectivity index (χ3v) is 2.63. The first-order valence-electron chi connectivity index (χ1n) is 5.48. The number of hydrogen-bond acceptors (Lipinski definition) is 4. The fraction of sp³-hybridized carbons (Fsp3) is 0.500. The van der Waals surface area contributed by atoms with E-state index in [1.165, 1.54) is 0 Å². The van der Waals surface area contributed by atoms with Crippen molar-refractivity contribution in [2.45, 2.75) is 25.4 Å². The van der Waals surface area contributed by atoms with Crippen LogP contribution in [0.1, 0.15) is 24.8 Å². The third-order valence-electron chi connectivity index (χ3n) is 2.63. The van der Waals surface area contributed by atoms with Crippen molar-refractivity contribution in [3.63, 3.8) is 0 Å². The molecule has 1 aromatic heterocycles. The molecule has 0 spiro atoms. The van der Waals surface area contributed by atoms with Gasteiger partial charge in [0.05, 0.1) is 24.5 Å². The molecule has 1 saturated heterocycles. The summed E-state index contributed by atoms with van der Waals surface area (Å²) in [6.45, 7) is 1.44. The molecule has 1 aliphatic rings. The van der Waals surface area contributed by atoms with E-state index in [1.807, 2.05) is 0 Å². The second-order valence-electron chi connectivity index (χ2n) is 3.76. The highest BCUT2D eigenvalue weighted by Gasteiger charge is 2.15. The van der Waals surface area contributed by atoms with Gasteiger partial charge in [-0.3, -0.25) is 4.98 Å². The van der Waals surface area contributed by atoms with Crippen molar-refractivity contribution in [3.8, 4) is 11.8 Å². The number of pyridine rings is 1. The molecule has 0 radical (unpaired) electrons. The smallest absolute Gasteiger partial charge is 0.155 e. The van der Waals surface area contributed by atoms with Crippen LogP contribution >= 0.6 is 0 Å². The number of ether oxygens (including phenoxy) is 2. The maximum atomic E-state index is 8.85. The molecular weight excluding hydrogens is 204 g/mol. The quantitative estimate of drug-likeness (QED) is 0.774. The molecule has 1 aromatic rings. The standard InChI is InChI=1S/C12H14N2O2/c13-8-10-3-5-14-9-12(10)16-7-4-11-2-1-6-15-11/h3,5,9,11H,1-2,4,6-7H2/t11-/m0/s1. The van der Waals surface area contributed by atoms with Crippen molar-refractivity contribution in [1.29, 1.82) is 5.26 Å². The largest absolute Gasteiger partial charge is 0.490 e. The van der Waals surface area contributed by atoms with Gasteiger partial charge in [0.15, 0.2) is 5.75 Å². The molecule has 0 aromatic carbocycles. The fourth-order valence-electron chi connectivity index (χ4n) is 1.76. The molecule has 4 nitrogen and oxygen atoms in total. The van der Waals surface area contributed by atoms with Gasteiger partial charge in [-0.15, -0.1) is 0 Å². The van der Waals surface area contributed by atoms with Crippen molar-refractivity contribution in [2.75, 3.05) is 13.2 Å². The molecule has 0 amide bonds. The van der Waals surface area contributed by atoms with E-state index in [1.54, 1.807) is 18.5 Å². The minimum atomic E-state index is 0.321. The Labute approximate surface area is 94.8 Å². The molecule has 0 bridgehead atoms. The Bertz CT molecular complexity index is 381. The lowest BCUT2D eigenvalue weighted by atomic mass is 10.2. The van der Waals surface area contributed by atoms with Gasteiger partial charge in [-0.1, -0.05) is 0 Å². The molecule has 1 fully saturated rings. The molecule has 2 rings (SSSR count). The Balaban J connectivity index is 1.82. The third kappa shape index (κ3) is 2.71. The van der Waals surface area contributed by atoms with E-state index < -0.39 is 0 Å². The summed E-state index contributed by atoms with van der Waals surface area (Å²) >= 11 is 0. The van der Waals surface area contributed by atoms with Crippen molar-refractivity contribution in [1.82, 2.24) is 4.98 Å². The van der Waals surface area contributed by atoms with E-state index in [0.29, 0.717) is 24.0 Å². The Hall–Kier alpha value is -1.60. The first-order chi connectivity index (χ1) is 7.90. The van der Waals surface area contributed by atoms with E-state index in [4.69, 9.17) is 14.7 Å². The van der Waals surface area contributed by atoms with Gasteiger partial charge in [0, 0.05) is 19.2 Å². The van der Waals surface area contributed by atoms with E-state index in [2.05, 4.69) is 11.1 Å². The van der Waals surface area contributed by atoms with Crippen LogP contribution in [0.4, 0.5) is 0 Å². The van der Waals surface area contributed by atoms with Gasteiger partial charge in [0.25, 0.3) is 0 Å². The number of hydrogen-bond donors (Lipinski definition) is 0. The summed E-state index contributed by atoms with van der Waals surface area (Å²) in [4.78, 5) is 3.94. The van der Waals surface area contributed by atoms with Crippen molar-refractivity contribution >= 4 is 0 Å². The zero-order valence-corrected chi connectivity index (χ0v) is 9.06. The first kappa shape index (κ1) is 10.9. The highest BCUT2D eigenvalue weighted by Crippen LogP contribution is 2.18. The molecule has 1 atom stereocenters. The van der Waals surface area contributed by atoms with Gasteiger partial charge < -0.3 is 9.47 Å². The molecule has 84 valence electrons. The Morgan fingerprint density at radius 2 is 2.56 bits per heavy atom. The number of nitrogens with zero attached hydrogens (tertiary/aromatic N) is 2. The minimum Gasteiger partial charge on any atom is -0.490 e. The van der Waals surface area contributed by atoms with Crippen LogP contribution in [0.3, 0.4) is 0 Å². The lowest BCUT2D eigenvalue weighted by Crippen LogP contribution is -2.11. The Kier molecular flexibility index (Phi) is 3.73. The molecule has 4 heteroatoms. The van der Waals surface area contributed by atoms with Crippen LogP contribution < -0.4 is 4.74 Å². The maximum absolute atomic E-state index is 8.85. The van der Waals surface area contributed by atoms with E-state index in [-0.39, 0.29) is 0 Å². The summed E-state index contributed by atoms with van der Waals surface area (Å²) in [5.41, 5.74) is 0.530. The van der Waals surface area contributed by atoms with Crippen LogP contribution in [0.25, 0.3) is 0 Å². The van der Waals surface area contributed by atoms with Crippen LogP contribution in [-0.4, -0.2) is 24.3 Å². The van der Waals surface area contributed by atoms with Crippen LogP contribution in [0.15, 0.2) is 18.5 Å². The van der Waals surface area contributed by atoms with E-state index in [9.17, 15) is 0 Å². The molecule has 0 unspecified atom stereocenters. The molecule has 16 heavy (non-hydrogen) atoms. The van der Waals surface area contributed by atoms with Crippen LogP contribution in [-0.2, 0) is 4.74 Å². The summed E-state index contributed by atoms with van der Waals surface area (Å²) in [7, 11) is 0. The fourth-order valence-corrected chi connectivity index (χ4v) is 1.76.